The molecule has 122 valence electrons. The van der Waals surface area contributed by atoms with E-state index in [1.807, 2.05) is 13.8 Å². The Hall–Kier alpha value is -2.44. The van der Waals surface area contributed by atoms with Crippen molar-refractivity contribution in [1.82, 2.24) is 14.8 Å². The average Bonchev–Trinajstić information content (AvgIpc) is 3.01. The van der Waals surface area contributed by atoms with Crippen LogP contribution in [-0.4, -0.2) is 38.9 Å². The minimum Gasteiger partial charge on any atom is -0.460 e. The number of carbonyl (C=O) groups excluding carboxylic acids is 2. The molecule has 2 aromatic heterocycles. The van der Waals surface area contributed by atoms with E-state index < -0.39 is 18.0 Å². The Bertz CT molecular complexity index is 781. The summed E-state index contributed by atoms with van der Waals surface area (Å²) in [4.78, 5) is 28.4. The maximum atomic E-state index is 12.4. The first-order valence-electron chi connectivity index (χ1n) is 7.63. The molecule has 0 N–H and O–H groups in total. The molecule has 1 aliphatic rings. The zero-order chi connectivity index (χ0) is 16.7. The van der Waals surface area contributed by atoms with E-state index >= 15 is 0 Å². The Labute approximate surface area is 133 Å². The molecule has 0 spiro atoms. The van der Waals surface area contributed by atoms with Gasteiger partial charge < -0.3 is 9.47 Å². The van der Waals surface area contributed by atoms with E-state index in [2.05, 4.69) is 10.1 Å². The summed E-state index contributed by atoms with van der Waals surface area (Å²) in [5.41, 5.74) is 1.61. The van der Waals surface area contributed by atoms with Crippen LogP contribution < -0.4 is 0 Å². The highest BCUT2D eigenvalue weighted by molar-refractivity contribution is 5.96. The quantitative estimate of drug-likeness (QED) is 0.807. The first-order valence-corrected chi connectivity index (χ1v) is 7.63. The highest BCUT2D eigenvalue weighted by atomic mass is 16.6. The zero-order valence-electron chi connectivity index (χ0n) is 13.6. The number of rotatable bonds is 3. The van der Waals surface area contributed by atoms with Crippen LogP contribution in [0.1, 0.15) is 49.3 Å². The smallest absolute Gasteiger partial charge is 0.347 e. The minimum atomic E-state index is -0.842. The molecule has 7 heteroatoms. The number of esters is 2. The second kappa shape index (κ2) is 5.64. The number of ether oxygens (including phenoxy) is 2. The molecule has 0 amide bonds. The lowest BCUT2D eigenvalue weighted by molar-refractivity contribution is -0.147. The van der Waals surface area contributed by atoms with E-state index in [0.717, 1.165) is 11.0 Å². The number of cyclic esters (lactones) is 1. The van der Waals surface area contributed by atoms with Crippen molar-refractivity contribution in [3.8, 4) is 0 Å². The summed E-state index contributed by atoms with van der Waals surface area (Å²) >= 11 is 0. The number of hydrogen-bond donors (Lipinski definition) is 0. The van der Waals surface area contributed by atoms with Gasteiger partial charge in [0, 0.05) is 17.8 Å². The van der Waals surface area contributed by atoms with Crippen LogP contribution in [-0.2, 0) is 14.3 Å². The molecule has 3 heterocycles. The van der Waals surface area contributed by atoms with Gasteiger partial charge in [0.1, 0.15) is 6.10 Å². The standard InChI is InChI=1S/C16H19N3O4/c1-8(2)19-14-11(7-17-19)6-12(10(4)18-14)15(20)23-13-5-9(3)22-16(13)21/h6-9,13H,5H2,1-4H3. The number of fused-ring (bicyclic) bond motifs is 1. The molecule has 1 fully saturated rings. The number of aromatic nitrogens is 3. The Morgan fingerprint density at radius 3 is 2.83 bits per heavy atom. The van der Waals surface area contributed by atoms with Crippen LogP contribution in [0.15, 0.2) is 12.3 Å². The van der Waals surface area contributed by atoms with Crippen molar-refractivity contribution < 1.29 is 19.1 Å². The lowest BCUT2D eigenvalue weighted by Crippen LogP contribution is -2.23. The van der Waals surface area contributed by atoms with Crippen LogP contribution in [0.5, 0.6) is 0 Å². The van der Waals surface area contributed by atoms with Gasteiger partial charge in [-0.15, -0.1) is 0 Å². The predicted molar refractivity (Wildman–Crippen MR) is 82.0 cm³/mol. The average molecular weight is 317 g/mol. The molecule has 0 radical (unpaired) electrons. The number of hydrogen-bond acceptors (Lipinski definition) is 6. The van der Waals surface area contributed by atoms with Crippen molar-refractivity contribution in [3.05, 3.63) is 23.5 Å². The third kappa shape index (κ3) is 2.78. The van der Waals surface area contributed by atoms with Crippen LogP contribution in [0.4, 0.5) is 0 Å². The van der Waals surface area contributed by atoms with Crippen molar-refractivity contribution in [2.24, 2.45) is 0 Å². The second-order valence-corrected chi connectivity index (χ2v) is 6.09. The predicted octanol–water partition coefficient (Wildman–Crippen LogP) is 2.18. The minimum absolute atomic E-state index is 0.173. The number of pyridine rings is 1. The lowest BCUT2D eigenvalue weighted by Gasteiger charge is -2.11. The largest absolute Gasteiger partial charge is 0.460 e. The molecule has 3 rings (SSSR count). The van der Waals surface area contributed by atoms with Gasteiger partial charge in [-0.25, -0.2) is 19.3 Å². The molecule has 7 nitrogen and oxygen atoms in total. The van der Waals surface area contributed by atoms with Crippen LogP contribution in [0.2, 0.25) is 0 Å². The van der Waals surface area contributed by atoms with E-state index in [1.54, 1.807) is 30.8 Å². The Morgan fingerprint density at radius 2 is 2.22 bits per heavy atom. The normalized spacial score (nSPS) is 21.0. The zero-order valence-corrected chi connectivity index (χ0v) is 13.6. The molecular weight excluding hydrogens is 298 g/mol. The summed E-state index contributed by atoms with van der Waals surface area (Å²) in [5, 5.41) is 5.05. The monoisotopic (exact) mass is 317 g/mol. The Morgan fingerprint density at radius 1 is 1.48 bits per heavy atom. The summed E-state index contributed by atoms with van der Waals surface area (Å²) in [6.07, 6.45) is 0.979. The van der Waals surface area contributed by atoms with E-state index in [-0.39, 0.29) is 12.1 Å². The molecule has 1 saturated heterocycles. The summed E-state index contributed by atoms with van der Waals surface area (Å²) in [5.74, 6) is -1.06. The second-order valence-electron chi connectivity index (χ2n) is 6.09. The molecule has 0 aliphatic carbocycles. The highest BCUT2D eigenvalue weighted by Gasteiger charge is 2.35. The maximum Gasteiger partial charge on any atom is 0.347 e. The third-order valence-corrected chi connectivity index (χ3v) is 3.84. The van der Waals surface area contributed by atoms with Gasteiger partial charge in [-0.3, -0.25) is 0 Å². The van der Waals surface area contributed by atoms with Gasteiger partial charge in [-0.2, -0.15) is 5.10 Å². The van der Waals surface area contributed by atoms with Crippen molar-refractivity contribution in [1.29, 1.82) is 0 Å². The van der Waals surface area contributed by atoms with E-state index in [1.165, 1.54) is 0 Å². The molecule has 0 bridgehead atoms. The van der Waals surface area contributed by atoms with Gasteiger partial charge in [0.2, 0.25) is 6.10 Å². The van der Waals surface area contributed by atoms with Crippen LogP contribution in [0.3, 0.4) is 0 Å². The van der Waals surface area contributed by atoms with Crippen LogP contribution >= 0.6 is 0 Å². The molecule has 0 aromatic carbocycles. The first kappa shape index (κ1) is 15.5. The molecular formula is C16H19N3O4. The van der Waals surface area contributed by atoms with Crippen LogP contribution in [0, 0.1) is 6.92 Å². The fourth-order valence-electron chi connectivity index (χ4n) is 2.66. The van der Waals surface area contributed by atoms with E-state index in [4.69, 9.17) is 9.47 Å². The fraction of sp³-hybridized carbons (Fsp3) is 0.500. The van der Waals surface area contributed by atoms with Gasteiger partial charge >= 0.3 is 11.9 Å². The third-order valence-electron chi connectivity index (χ3n) is 3.84. The summed E-state index contributed by atoms with van der Waals surface area (Å²) in [6.45, 7) is 7.53. The van der Waals surface area contributed by atoms with Crippen molar-refractivity contribution in [2.45, 2.75) is 52.4 Å². The van der Waals surface area contributed by atoms with E-state index in [0.29, 0.717) is 17.7 Å². The van der Waals surface area contributed by atoms with Gasteiger partial charge in [0.05, 0.1) is 17.5 Å². The molecule has 23 heavy (non-hydrogen) atoms. The first-order chi connectivity index (χ1) is 10.9. The number of nitrogens with zero attached hydrogens (tertiary/aromatic N) is 3. The van der Waals surface area contributed by atoms with Gasteiger partial charge in [0.25, 0.3) is 0 Å². The number of carbonyl (C=O) groups is 2. The molecule has 2 atom stereocenters. The lowest BCUT2D eigenvalue weighted by atomic mass is 10.1. The molecule has 1 aliphatic heterocycles. The summed E-state index contributed by atoms with van der Waals surface area (Å²) in [7, 11) is 0. The fourth-order valence-corrected chi connectivity index (χ4v) is 2.66. The van der Waals surface area contributed by atoms with Gasteiger partial charge in [-0.05, 0) is 33.8 Å². The van der Waals surface area contributed by atoms with Gasteiger partial charge in [-0.1, -0.05) is 0 Å². The maximum absolute atomic E-state index is 12.4. The summed E-state index contributed by atoms with van der Waals surface area (Å²) in [6, 6.07) is 1.88. The van der Waals surface area contributed by atoms with Crippen LogP contribution in [0.25, 0.3) is 11.0 Å². The van der Waals surface area contributed by atoms with Crippen molar-refractivity contribution >= 4 is 23.0 Å². The summed E-state index contributed by atoms with van der Waals surface area (Å²) < 4.78 is 12.1. The molecule has 0 saturated carbocycles. The van der Waals surface area contributed by atoms with Crippen molar-refractivity contribution in [3.63, 3.8) is 0 Å². The van der Waals surface area contributed by atoms with E-state index in [9.17, 15) is 9.59 Å². The molecule has 2 unspecified atom stereocenters. The number of aryl methyl sites for hydroxylation is 1. The Kier molecular flexibility index (Phi) is 3.79. The Balaban J connectivity index is 1.89. The topological polar surface area (TPSA) is 83.3 Å². The molecule has 2 aromatic rings. The highest BCUT2D eigenvalue weighted by Crippen LogP contribution is 2.22. The van der Waals surface area contributed by atoms with Crippen molar-refractivity contribution in [2.75, 3.05) is 0 Å². The van der Waals surface area contributed by atoms with Gasteiger partial charge in [0.15, 0.2) is 5.65 Å². The SMILES string of the molecule is Cc1nc2c(cnn2C(C)C)cc1C(=O)OC1CC(C)OC1=O.